The Balaban J connectivity index is 2.65. The summed E-state index contributed by atoms with van der Waals surface area (Å²) in [5, 5.41) is 28.0. The number of nitrogens with zero attached hydrogens (tertiary/aromatic N) is 3. The van der Waals surface area contributed by atoms with E-state index in [0.29, 0.717) is 0 Å². The van der Waals surface area contributed by atoms with Gasteiger partial charge in [0.15, 0.2) is 5.75 Å². The number of nitrogens with two attached hydrogens (primary N) is 1. The number of hydrogen-bond acceptors (Lipinski definition) is 7. The number of ether oxygens (including phenoxy) is 1. The molecular weight excluding hydrogens is 361 g/mol. The van der Waals surface area contributed by atoms with Gasteiger partial charge in [0.25, 0.3) is 5.62 Å². The first-order chi connectivity index (χ1) is 10.2. The van der Waals surface area contributed by atoms with E-state index in [1.165, 1.54) is 12.1 Å². The van der Waals surface area contributed by atoms with E-state index < -0.39 is 27.9 Å². The highest BCUT2D eigenvalue weighted by Gasteiger charge is 2.27. The summed E-state index contributed by atoms with van der Waals surface area (Å²) in [6, 6.07) is 2.60. The summed E-state index contributed by atoms with van der Waals surface area (Å²) in [5.74, 6) is -1.54. The number of nitro groups is 1. The van der Waals surface area contributed by atoms with Crippen molar-refractivity contribution in [3.63, 3.8) is 0 Å². The number of rotatable bonds is 3. The maximum Gasteiger partial charge on any atom is 0.374 e. The molecule has 0 unspecified atom stereocenters. The molecule has 0 saturated heterocycles. The van der Waals surface area contributed by atoms with Gasteiger partial charge in [-0.25, -0.2) is 0 Å². The summed E-state index contributed by atoms with van der Waals surface area (Å²) in [7, 11) is 0. The molecule has 0 saturated carbocycles. The summed E-state index contributed by atoms with van der Waals surface area (Å²) >= 11 is 17.5. The lowest BCUT2D eigenvalue weighted by molar-refractivity contribution is -0.385. The molecule has 1 aromatic carbocycles. The first-order valence-electron chi connectivity index (χ1n) is 5.35. The average molecular weight is 367 g/mol. The number of nitrogens with one attached hydrogen (secondary N) is 1. The van der Waals surface area contributed by atoms with Crippen LogP contribution >= 0.6 is 34.8 Å². The minimum atomic E-state index is -0.929. The van der Waals surface area contributed by atoms with E-state index in [0.717, 1.165) is 0 Å². The van der Waals surface area contributed by atoms with Gasteiger partial charge in [0.1, 0.15) is 0 Å². The van der Waals surface area contributed by atoms with Crippen molar-refractivity contribution in [1.82, 2.24) is 9.71 Å². The second-order valence-electron chi connectivity index (χ2n) is 3.84. The molecule has 0 bridgehead atoms. The van der Waals surface area contributed by atoms with Crippen LogP contribution in [-0.2, 0) is 0 Å². The molecule has 12 heteroatoms. The van der Waals surface area contributed by atoms with E-state index in [1.807, 2.05) is 0 Å². The fourth-order valence-electron chi connectivity index (χ4n) is 1.49. The lowest BCUT2D eigenvalue weighted by atomic mass is 10.3. The van der Waals surface area contributed by atoms with Gasteiger partial charge < -0.3 is 15.7 Å². The van der Waals surface area contributed by atoms with Crippen molar-refractivity contribution in [2.24, 2.45) is 0 Å². The Hall–Kier alpha value is -2.23. The first kappa shape index (κ1) is 16.1. The topological polar surface area (TPSA) is 140 Å². The Labute approximate surface area is 137 Å². The van der Waals surface area contributed by atoms with E-state index in [4.69, 9.17) is 50.7 Å². The van der Waals surface area contributed by atoms with Crippen LogP contribution < -0.4 is 16.1 Å². The van der Waals surface area contributed by atoms with Crippen LogP contribution in [0.1, 0.15) is 0 Å². The number of hydrogen-bond donors (Lipinski definition) is 3. The SMILES string of the molecule is N=c1nc(Oc2c(Cl)cc(Cl)cc2Cl)c([N+](=O)[O-])c(N)n1O. The Morgan fingerprint density at radius 2 is 1.91 bits per heavy atom. The smallest absolute Gasteiger partial charge is 0.374 e. The van der Waals surface area contributed by atoms with E-state index >= 15 is 0 Å². The summed E-state index contributed by atoms with van der Waals surface area (Å²) in [6.07, 6.45) is 0. The predicted molar refractivity (Wildman–Crippen MR) is 77.9 cm³/mol. The molecular formula is C10H6Cl3N5O4. The average Bonchev–Trinajstić information content (AvgIpc) is 2.39. The standard InChI is InChI=1S/C10H6Cl3N5O4/c11-3-1-4(12)7(5(13)2-3)22-9-6(18(20)21)8(14)17(19)10(15)16-9/h1-2,15,19H,14H2. The molecule has 2 aromatic rings. The summed E-state index contributed by atoms with van der Waals surface area (Å²) in [4.78, 5) is 13.6. The maximum absolute atomic E-state index is 11.1. The number of halogens is 3. The molecule has 0 amide bonds. The number of nitrogen functional groups attached to an aromatic ring is 1. The highest BCUT2D eigenvalue weighted by molar-refractivity contribution is 6.40. The normalized spacial score (nSPS) is 10.5. The maximum atomic E-state index is 11.1. The lowest BCUT2D eigenvalue weighted by Crippen LogP contribution is -2.25. The zero-order chi connectivity index (χ0) is 16.6. The van der Waals surface area contributed by atoms with E-state index in [1.54, 1.807) is 0 Å². The van der Waals surface area contributed by atoms with Crippen molar-refractivity contribution in [3.05, 3.63) is 42.9 Å². The molecule has 0 aliphatic rings. The third kappa shape index (κ3) is 2.86. The molecule has 2 rings (SSSR count). The van der Waals surface area contributed by atoms with Crippen molar-refractivity contribution in [2.75, 3.05) is 5.73 Å². The van der Waals surface area contributed by atoms with Crippen LogP contribution in [0.15, 0.2) is 12.1 Å². The van der Waals surface area contributed by atoms with Gasteiger partial charge in [0.2, 0.25) is 5.82 Å². The second-order valence-corrected chi connectivity index (χ2v) is 5.09. The third-order valence-corrected chi connectivity index (χ3v) is 3.21. The van der Waals surface area contributed by atoms with E-state index in [-0.39, 0.29) is 25.5 Å². The van der Waals surface area contributed by atoms with Gasteiger partial charge in [-0.15, -0.1) is 4.73 Å². The fourth-order valence-corrected chi connectivity index (χ4v) is 2.38. The van der Waals surface area contributed by atoms with Crippen LogP contribution in [0.3, 0.4) is 0 Å². The van der Waals surface area contributed by atoms with E-state index in [9.17, 15) is 15.3 Å². The minimum absolute atomic E-state index is 0.0283. The van der Waals surface area contributed by atoms with Crippen LogP contribution in [0.5, 0.6) is 11.6 Å². The fraction of sp³-hybridized carbons (Fsp3) is 0. The first-order valence-corrected chi connectivity index (χ1v) is 6.49. The zero-order valence-electron chi connectivity index (χ0n) is 10.4. The van der Waals surface area contributed by atoms with Crippen LogP contribution in [0.2, 0.25) is 15.1 Å². The summed E-state index contributed by atoms with van der Waals surface area (Å²) in [6.45, 7) is 0. The van der Waals surface area contributed by atoms with Crippen LogP contribution in [-0.4, -0.2) is 19.8 Å². The number of anilines is 1. The van der Waals surface area contributed by atoms with Crippen molar-refractivity contribution < 1.29 is 14.9 Å². The van der Waals surface area contributed by atoms with Crippen molar-refractivity contribution in [3.8, 4) is 11.6 Å². The number of benzene rings is 1. The van der Waals surface area contributed by atoms with E-state index in [2.05, 4.69) is 4.98 Å². The van der Waals surface area contributed by atoms with Gasteiger partial charge in [-0.3, -0.25) is 15.5 Å². The summed E-state index contributed by atoms with van der Waals surface area (Å²) < 4.78 is 5.24. The molecule has 0 aliphatic carbocycles. The van der Waals surface area contributed by atoms with Gasteiger partial charge in [-0.1, -0.05) is 34.8 Å². The van der Waals surface area contributed by atoms with Crippen LogP contribution in [0.25, 0.3) is 0 Å². The van der Waals surface area contributed by atoms with Gasteiger partial charge in [-0.2, -0.15) is 4.98 Å². The van der Waals surface area contributed by atoms with Crippen molar-refractivity contribution >= 4 is 46.3 Å². The highest BCUT2D eigenvalue weighted by atomic mass is 35.5. The van der Waals surface area contributed by atoms with Crippen molar-refractivity contribution in [1.29, 1.82) is 5.41 Å². The number of aromatic nitrogens is 2. The zero-order valence-corrected chi connectivity index (χ0v) is 12.6. The Kier molecular flexibility index (Phi) is 4.31. The quantitative estimate of drug-likeness (QED) is 0.433. The Morgan fingerprint density at radius 1 is 1.36 bits per heavy atom. The van der Waals surface area contributed by atoms with Crippen LogP contribution in [0.4, 0.5) is 11.5 Å². The molecule has 0 fully saturated rings. The molecule has 0 radical (unpaired) electrons. The third-order valence-electron chi connectivity index (χ3n) is 2.43. The van der Waals surface area contributed by atoms with Gasteiger partial charge in [0.05, 0.1) is 15.0 Å². The van der Waals surface area contributed by atoms with Gasteiger partial charge >= 0.3 is 11.6 Å². The second kappa shape index (κ2) is 5.87. The molecule has 116 valence electrons. The Bertz CT molecular complexity index is 815. The molecule has 4 N–H and O–H groups in total. The minimum Gasteiger partial charge on any atom is -0.430 e. The molecule has 0 atom stereocenters. The molecule has 22 heavy (non-hydrogen) atoms. The Morgan fingerprint density at radius 3 is 2.41 bits per heavy atom. The molecule has 0 aliphatic heterocycles. The monoisotopic (exact) mass is 365 g/mol. The summed E-state index contributed by atoms with van der Waals surface area (Å²) in [5.41, 5.74) is 3.76. The predicted octanol–water partition coefficient (Wildman–Crippen LogP) is 2.84. The van der Waals surface area contributed by atoms with Crippen molar-refractivity contribution in [2.45, 2.75) is 0 Å². The molecule has 9 nitrogen and oxygen atoms in total. The van der Waals surface area contributed by atoms with Crippen LogP contribution in [0, 0.1) is 15.5 Å². The van der Waals surface area contributed by atoms with Gasteiger partial charge in [-0.05, 0) is 12.1 Å². The lowest BCUT2D eigenvalue weighted by Gasteiger charge is -2.11. The highest BCUT2D eigenvalue weighted by Crippen LogP contribution is 2.41. The largest absolute Gasteiger partial charge is 0.430 e. The molecule has 1 aromatic heterocycles. The van der Waals surface area contributed by atoms with Gasteiger partial charge in [0, 0.05) is 5.02 Å². The molecule has 1 heterocycles. The molecule has 0 spiro atoms.